The van der Waals surface area contributed by atoms with Crippen LogP contribution in [0.1, 0.15) is 136 Å². The Hall–Kier alpha value is -8.22. The first-order valence-corrected chi connectivity index (χ1v) is 33.7. The van der Waals surface area contributed by atoms with Gasteiger partial charge in [-0.1, -0.05) is 95.2 Å². The minimum atomic E-state index is -4.80. The number of nitroso groups, excluding NO2 is 4. The molecule has 28 nitrogen and oxygen atoms in total. The third-order valence-corrected chi connectivity index (χ3v) is 18.0. The van der Waals surface area contributed by atoms with Crippen molar-refractivity contribution in [1.29, 1.82) is 5.26 Å². The molecule has 4 aliphatic heterocycles. The number of hydrogen-bond donors (Lipinski definition) is 12. The van der Waals surface area contributed by atoms with Crippen LogP contribution in [-0.2, 0) is 14.3 Å². The number of hydrogen-bond acceptors (Lipinski definition) is 28. The summed E-state index contributed by atoms with van der Waals surface area (Å²) in [6.45, 7) is 25.6. The van der Waals surface area contributed by atoms with E-state index in [0.29, 0.717) is 74.3 Å². The maximum absolute atomic E-state index is 13.5. The zero-order chi connectivity index (χ0) is 75.2. The molecule has 0 saturated carbocycles. The smallest absolute Gasteiger partial charge is 0.417 e. The van der Waals surface area contributed by atoms with Crippen LogP contribution in [0.25, 0.3) is 0 Å². The maximum Gasteiger partial charge on any atom is 0.417 e. The summed E-state index contributed by atoms with van der Waals surface area (Å²) in [4.78, 5) is 69.4. The lowest BCUT2D eigenvalue weighted by Gasteiger charge is -2.31. The van der Waals surface area contributed by atoms with E-state index in [4.69, 9.17) is 23.7 Å². The topological polar surface area (TPSA) is 399 Å². The predicted octanol–water partition coefficient (Wildman–Crippen LogP) is 8.68. The fraction of sp³-hybridized carbons (Fsp3) is 0.614. The van der Waals surface area contributed by atoms with Gasteiger partial charge in [0.05, 0.1) is 13.2 Å². The molecule has 12 N–H and O–H groups in total. The first-order valence-electron chi connectivity index (χ1n) is 33.7. The fourth-order valence-electron chi connectivity index (χ4n) is 11.7. The minimum Gasteiger partial charge on any atom is -0.490 e. The van der Waals surface area contributed by atoms with Crippen LogP contribution in [0.3, 0.4) is 0 Å². The number of ether oxygens (including phenoxy) is 5. The number of nitriles is 1. The zero-order valence-corrected chi connectivity index (χ0v) is 60.0. The van der Waals surface area contributed by atoms with Gasteiger partial charge in [-0.05, 0) is 88.3 Å². The third kappa shape index (κ3) is 21.4. The standard InChI is InChI=1S/C18H27N3O5.C18H27N3O4.C17H24F3N3O3.C17H24N4O3/c1-11(2)19-8-12(22)10-26-15-7-5-6-14-16(15)13(9-20-14)18(3,21-24)17(23)25-4;1-11(2)19-8-13(23)10-25-16-7-5-6-15-17(16)14(9-20-15)18(4,21-24)12(3)22;1-10(2)21-7-11(24)9-26-14-6-4-5-13-15(14)12(8-22-13)16(3,23-25)17(18,19)20;1-11(2)19-7-12(22)9-24-15-6-4-5-14-16(15)13(8-20-14)17(3,10-18)21-23/h5-7,11-13,19-20,22H,8-10H2,1-4H3;5-7,11,13-14,19-20,23H,8-10H2,1-4H3;4-6,10-12,21-22,24H,7-9H2,1-3H3;4-6,11-13,19-20,22H,7-9H2,1-3H3. The Bertz CT molecular complexity index is 3440. The number of ketones is 1. The van der Waals surface area contributed by atoms with Crippen LogP contribution >= 0.6 is 0 Å². The molecule has 4 heterocycles. The molecule has 0 spiro atoms. The highest BCUT2D eigenvalue weighted by atomic mass is 19.4. The molecule has 31 heteroatoms. The summed E-state index contributed by atoms with van der Waals surface area (Å²) in [6.07, 6.45) is -7.61. The number of alkyl halides is 3. The highest BCUT2D eigenvalue weighted by Crippen LogP contribution is 2.52. The van der Waals surface area contributed by atoms with Crippen LogP contribution in [0.5, 0.6) is 23.0 Å². The predicted molar refractivity (Wildman–Crippen MR) is 380 cm³/mol. The second-order valence-corrected chi connectivity index (χ2v) is 27.3. The molecule has 0 saturated heterocycles. The van der Waals surface area contributed by atoms with Gasteiger partial charge < -0.3 is 86.6 Å². The Kier molecular flexibility index (Phi) is 31.1. The van der Waals surface area contributed by atoms with Crippen molar-refractivity contribution in [1.82, 2.24) is 21.3 Å². The number of rotatable bonds is 34. The van der Waals surface area contributed by atoms with E-state index in [9.17, 15) is 68.1 Å². The molecule has 0 aliphatic carbocycles. The van der Waals surface area contributed by atoms with E-state index in [-0.39, 0.29) is 74.2 Å². The number of esters is 1. The van der Waals surface area contributed by atoms with Gasteiger partial charge in [-0.3, -0.25) is 4.79 Å². The highest BCUT2D eigenvalue weighted by Gasteiger charge is 2.61. The number of Topliss-reactive ketones (excluding diaryl/α,β-unsaturated/α-hetero) is 1. The molecule has 4 aliphatic rings. The molecule has 0 fully saturated rings. The number of fused-ring (bicyclic) bond motifs is 4. The second kappa shape index (κ2) is 37.6. The van der Waals surface area contributed by atoms with Crippen molar-refractivity contribution in [3.63, 3.8) is 0 Å². The van der Waals surface area contributed by atoms with Crippen LogP contribution in [-0.4, -0.2) is 195 Å². The van der Waals surface area contributed by atoms with E-state index in [1.54, 1.807) is 37.3 Å². The summed E-state index contributed by atoms with van der Waals surface area (Å²) in [5.41, 5.74) is -1.65. The molecule has 0 amide bonds. The van der Waals surface area contributed by atoms with Crippen LogP contribution in [0.2, 0.25) is 0 Å². The molecule has 0 aromatic heterocycles. The fourth-order valence-corrected chi connectivity index (χ4v) is 11.7. The number of methoxy groups -OCH3 is 1. The van der Waals surface area contributed by atoms with Crippen molar-refractivity contribution >= 4 is 34.5 Å². The molecule has 558 valence electrons. The van der Waals surface area contributed by atoms with Crippen molar-refractivity contribution in [3.05, 3.63) is 115 Å². The molecule has 4 aromatic rings. The van der Waals surface area contributed by atoms with E-state index < -0.39 is 82.4 Å². The number of aliphatic hydroxyl groups is 4. The molecule has 12 unspecified atom stereocenters. The lowest BCUT2D eigenvalue weighted by Crippen LogP contribution is -2.46. The van der Waals surface area contributed by atoms with Gasteiger partial charge in [-0.25, -0.2) is 4.79 Å². The number of carbonyl (C=O) groups is 2. The van der Waals surface area contributed by atoms with Crippen molar-refractivity contribution in [2.45, 2.75) is 191 Å². The number of nitrogens with zero attached hydrogens (tertiary/aromatic N) is 5. The van der Waals surface area contributed by atoms with Crippen molar-refractivity contribution in [3.8, 4) is 29.1 Å². The number of nitrogens with one attached hydrogen (secondary N) is 8. The molecule has 12 atom stereocenters. The van der Waals surface area contributed by atoms with Crippen LogP contribution in [0.4, 0.5) is 35.9 Å². The summed E-state index contributed by atoms with van der Waals surface area (Å²) in [5, 5.41) is 86.0. The molecule has 8 rings (SSSR count). The number of halogens is 3. The van der Waals surface area contributed by atoms with Crippen molar-refractivity contribution in [2.75, 3.05) is 107 Å². The first kappa shape index (κ1) is 83.4. The third-order valence-electron chi connectivity index (χ3n) is 18.0. The number of aliphatic hydroxyl groups excluding tert-OH is 4. The molecule has 0 radical (unpaired) electrons. The van der Waals surface area contributed by atoms with Crippen molar-refractivity contribution < 1.29 is 66.9 Å². The molecule has 101 heavy (non-hydrogen) atoms. The summed E-state index contributed by atoms with van der Waals surface area (Å²) in [7, 11) is 1.23. The summed E-state index contributed by atoms with van der Waals surface area (Å²) in [6, 6.07) is 24.2. The molecular formula is C70H102F3N13O15. The molecule has 0 bridgehead atoms. The van der Waals surface area contributed by atoms with E-state index in [1.807, 2.05) is 97.9 Å². The van der Waals surface area contributed by atoms with Crippen LogP contribution in [0, 0.1) is 31.0 Å². The maximum atomic E-state index is 13.5. The van der Waals surface area contributed by atoms with Gasteiger partial charge in [-0.2, -0.15) is 18.4 Å². The van der Waals surface area contributed by atoms with Gasteiger partial charge in [0.15, 0.2) is 16.9 Å². The largest absolute Gasteiger partial charge is 0.490 e. The molecule has 4 aromatic carbocycles. The van der Waals surface area contributed by atoms with Gasteiger partial charge in [0.2, 0.25) is 11.1 Å². The van der Waals surface area contributed by atoms with Crippen LogP contribution in [0.15, 0.2) is 93.5 Å². The number of carbonyl (C=O) groups excluding carboxylic acids is 2. The zero-order valence-electron chi connectivity index (χ0n) is 60.0. The quantitative estimate of drug-likeness (QED) is 0.0154. The summed E-state index contributed by atoms with van der Waals surface area (Å²) in [5.74, 6) is -1.65. The highest BCUT2D eigenvalue weighted by molar-refractivity contribution is 5.89. The normalized spacial score (nSPS) is 19.7. The Morgan fingerprint density at radius 3 is 1.04 bits per heavy atom. The van der Waals surface area contributed by atoms with E-state index in [0.717, 1.165) is 35.1 Å². The van der Waals surface area contributed by atoms with Gasteiger partial charge >= 0.3 is 12.1 Å². The van der Waals surface area contributed by atoms with E-state index >= 15 is 0 Å². The Labute approximate surface area is 588 Å². The Balaban J connectivity index is 0.000000243. The Morgan fingerprint density at radius 2 is 0.782 bits per heavy atom. The van der Waals surface area contributed by atoms with Gasteiger partial charge in [0.1, 0.15) is 73.8 Å². The van der Waals surface area contributed by atoms with Gasteiger partial charge in [0.25, 0.3) is 0 Å². The average molecular weight is 1420 g/mol. The average Bonchev–Trinajstić information content (AvgIpc) is 1.66. The number of benzene rings is 4. The lowest BCUT2D eigenvalue weighted by atomic mass is 9.79. The monoisotopic (exact) mass is 1420 g/mol. The summed E-state index contributed by atoms with van der Waals surface area (Å²) >= 11 is 0. The van der Waals surface area contributed by atoms with Crippen LogP contribution < -0.4 is 61.5 Å². The molecular weight excluding hydrogens is 1320 g/mol. The minimum absolute atomic E-state index is 0.0745. The first-order chi connectivity index (χ1) is 47.6. The second-order valence-electron chi connectivity index (χ2n) is 27.3. The van der Waals surface area contributed by atoms with Gasteiger partial charge in [0, 0.05) is 145 Å². The van der Waals surface area contributed by atoms with E-state index in [1.165, 1.54) is 33.9 Å². The SMILES string of the molecule is CC(=O)C(C)(N=O)C1CNc2cccc(OCC(O)CNC(C)C)c21.CC(C)NCC(O)COc1cccc2c1C(C(C)(C#N)N=O)CN2.CC(C)NCC(O)COc1cccc2c1C(C(C)(N=O)C(F)(F)F)CN2.COC(=O)C(C)(N=O)C1CNc2cccc(OCC(O)CNC(C)C)c21. The van der Waals surface area contributed by atoms with E-state index in [2.05, 4.69) is 63.2 Å². The van der Waals surface area contributed by atoms with Crippen molar-refractivity contribution in [2.24, 2.45) is 20.7 Å². The summed E-state index contributed by atoms with van der Waals surface area (Å²) < 4.78 is 68.1. The van der Waals surface area contributed by atoms with Gasteiger partial charge in [-0.15, -0.1) is 19.6 Å². The Morgan fingerprint density at radius 1 is 0.495 bits per heavy atom. The lowest BCUT2D eigenvalue weighted by molar-refractivity contribution is -0.185. The number of anilines is 4.